The third-order valence-corrected chi connectivity index (χ3v) is 6.63. The first-order chi connectivity index (χ1) is 17.2. The van der Waals surface area contributed by atoms with Gasteiger partial charge in [0, 0.05) is 24.4 Å². The van der Waals surface area contributed by atoms with Crippen molar-refractivity contribution in [1.29, 1.82) is 0 Å². The third kappa shape index (κ3) is 6.85. The summed E-state index contributed by atoms with van der Waals surface area (Å²) < 4.78 is 19.5. The molecule has 0 saturated carbocycles. The highest BCUT2D eigenvalue weighted by Crippen LogP contribution is 2.37. The minimum atomic E-state index is -1.03. The summed E-state index contributed by atoms with van der Waals surface area (Å²) in [4.78, 5) is 25.8. The predicted octanol–water partition coefficient (Wildman–Crippen LogP) is 5.50. The number of carbonyl (C=O) groups is 2. The van der Waals surface area contributed by atoms with Crippen LogP contribution >= 0.6 is 11.6 Å². The summed E-state index contributed by atoms with van der Waals surface area (Å²) in [5.41, 5.74) is 3.45. The van der Waals surface area contributed by atoms with Crippen LogP contribution in [0.25, 0.3) is 0 Å². The monoisotopic (exact) mass is 509 g/mol. The smallest absolute Gasteiger partial charge is 0.323 e. The second-order valence-corrected chi connectivity index (χ2v) is 10.0. The molecule has 1 atom stereocenters. The highest BCUT2D eigenvalue weighted by atomic mass is 35.5. The average Bonchev–Trinajstić information content (AvgIpc) is 3.16. The molecule has 0 radical (unpaired) electrons. The Hall–Kier alpha value is -3.38. The number of aliphatic carboxylic acids is 1. The van der Waals surface area contributed by atoms with Gasteiger partial charge in [-0.25, -0.2) is 4.39 Å². The van der Waals surface area contributed by atoms with Crippen LogP contribution in [0.15, 0.2) is 66.7 Å². The van der Waals surface area contributed by atoms with Crippen LogP contribution in [-0.2, 0) is 35.3 Å². The number of benzene rings is 3. The van der Waals surface area contributed by atoms with Crippen LogP contribution in [0.1, 0.15) is 35.6 Å². The summed E-state index contributed by atoms with van der Waals surface area (Å²) >= 11 is 5.93. The maximum absolute atomic E-state index is 13.2. The van der Waals surface area contributed by atoms with Gasteiger partial charge in [-0.15, -0.1) is 0 Å². The van der Waals surface area contributed by atoms with E-state index < -0.39 is 11.6 Å². The lowest BCUT2D eigenvalue weighted by Crippen LogP contribution is -2.37. The fourth-order valence-electron chi connectivity index (χ4n) is 4.68. The highest BCUT2D eigenvalue weighted by Gasteiger charge is 2.35. The first-order valence-corrected chi connectivity index (χ1v) is 12.4. The molecule has 0 bridgehead atoms. The number of ether oxygens (including phenoxy) is 1. The lowest BCUT2D eigenvalue weighted by atomic mass is 9.91. The van der Waals surface area contributed by atoms with Crippen molar-refractivity contribution < 1.29 is 23.8 Å². The molecule has 1 aliphatic rings. The van der Waals surface area contributed by atoms with Crippen LogP contribution in [0.5, 0.6) is 5.75 Å². The largest absolute Gasteiger partial charge is 0.487 e. The van der Waals surface area contributed by atoms with Crippen LogP contribution in [0.3, 0.4) is 0 Å². The van der Waals surface area contributed by atoms with Gasteiger partial charge in [-0.3, -0.25) is 9.59 Å². The van der Waals surface area contributed by atoms with Gasteiger partial charge in [-0.1, -0.05) is 48.0 Å². The van der Waals surface area contributed by atoms with Gasteiger partial charge in [0.1, 0.15) is 23.7 Å². The lowest BCUT2D eigenvalue weighted by molar-refractivity contribution is -0.144. The number of amides is 1. The van der Waals surface area contributed by atoms with E-state index in [1.165, 1.54) is 17.0 Å². The van der Waals surface area contributed by atoms with E-state index in [1.807, 2.05) is 49.4 Å². The molecule has 4 rings (SSSR count). The summed E-state index contributed by atoms with van der Waals surface area (Å²) in [5, 5.41) is 9.98. The minimum Gasteiger partial charge on any atom is -0.487 e. The van der Waals surface area contributed by atoms with Crippen LogP contribution in [0.2, 0.25) is 5.02 Å². The van der Waals surface area contributed by atoms with Gasteiger partial charge < -0.3 is 14.7 Å². The molecule has 0 saturated heterocycles. The number of nitrogens with zero attached hydrogens (tertiary/aromatic N) is 1. The van der Waals surface area contributed by atoms with Crippen molar-refractivity contribution in [2.75, 3.05) is 13.1 Å². The topological polar surface area (TPSA) is 66.8 Å². The number of carboxylic acid groups (broad SMARTS) is 1. The quantitative estimate of drug-likeness (QED) is 0.391. The minimum absolute atomic E-state index is 0.121. The second kappa shape index (κ2) is 11.1. The van der Waals surface area contributed by atoms with Gasteiger partial charge >= 0.3 is 5.97 Å². The Morgan fingerprint density at radius 2 is 1.69 bits per heavy atom. The normalized spacial score (nSPS) is 16.3. The van der Waals surface area contributed by atoms with E-state index in [0.29, 0.717) is 30.8 Å². The van der Waals surface area contributed by atoms with E-state index in [2.05, 4.69) is 0 Å². The number of hydrogen-bond acceptors (Lipinski definition) is 3. The summed E-state index contributed by atoms with van der Waals surface area (Å²) in [7, 11) is 0. The van der Waals surface area contributed by atoms with Crippen molar-refractivity contribution in [3.63, 3.8) is 0 Å². The number of aryl methyl sites for hydroxylation is 1. The molecule has 1 amide bonds. The van der Waals surface area contributed by atoms with E-state index in [0.717, 1.165) is 34.4 Å². The first-order valence-electron chi connectivity index (χ1n) is 12.0. The molecule has 1 heterocycles. The standard InChI is InChI=1S/C29H29ClFNO4/c1-29(17-21-6-11-25(31)12-7-21)18-23-15-22(8-13-26(23)36-29)16-27(33)32(19-28(34)35)14-2-3-20-4-9-24(30)10-5-20/h4-13,15H,2-3,14,16-19H2,1H3,(H,34,35). The molecule has 3 aromatic carbocycles. The first kappa shape index (κ1) is 25.7. The van der Waals surface area contributed by atoms with E-state index in [9.17, 15) is 19.1 Å². The molecule has 1 unspecified atom stereocenters. The van der Waals surface area contributed by atoms with Gasteiger partial charge in [0.05, 0.1) is 6.42 Å². The van der Waals surface area contributed by atoms with Crippen LogP contribution in [-0.4, -0.2) is 40.6 Å². The fraction of sp³-hybridized carbons (Fsp3) is 0.310. The van der Waals surface area contributed by atoms with Crippen molar-refractivity contribution in [3.05, 3.63) is 99.8 Å². The zero-order chi connectivity index (χ0) is 25.7. The van der Waals surface area contributed by atoms with E-state index in [1.54, 1.807) is 12.1 Å². The van der Waals surface area contributed by atoms with E-state index >= 15 is 0 Å². The molecule has 188 valence electrons. The highest BCUT2D eigenvalue weighted by molar-refractivity contribution is 6.30. The van der Waals surface area contributed by atoms with Gasteiger partial charge in [0.25, 0.3) is 0 Å². The number of halogens is 2. The third-order valence-electron chi connectivity index (χ3n) is 6.38. The van der Waals surface area contributed by atoms with E-state index in [4.69, 9.17) is 16.3 Å². The van der Waals surface area contributed by atoms with Crippen molar-refractivity contribution in [2.45, 2.75) is 44.6 Å². The van der Waals surface area contributed by atoms with Crippen LogP contribution < -0.4 is 4.74 Å². The van der Waals surface area contributed by atoms with Gasteiger partial charge in [-0.2, -0.15) is 0 Å². The number of carbonyl (C=O) groups excluding carboxylic acids is 1. The Bertz CT molecular complexity index is 1230. The second-order valence-electron chi connectivity index (χ2n) is 9.59. The summed E-state index contributed by atoms with van der Waals surface area (Å²) in [5.74, 6) is -0.743. The Morgan fingerprint density at radius 3 is 2.39 bits per heavy atom. The molecule has 0 aromatic heterocycles. The molecule has 1 aliphatic heterocycles. The molecule has 7 heteroatoms. The average molecular weight is 510 g/mol. The number of hydrogen-bond donors (Lipinski definition) is 1. The Labute approximate surface area is 215 Å². The Balaban J connectivity index is 1.37. The maximum Gasteiger partial charge on any atom is 0.323 e. The maximum atomic E-state index is 13.2. The molecular weight excluding hydrogens is 481 g/mol. The predicted molar refractivity (Wildman–Crippen MR) is 137 cm³/mol. The molecule has 0 aliphatic carbocycles. The van der Waals surface area contributed by atoms with Gasteiger partial charge in [0.15, 0.2) is 0 Å². The molecule has 5 nitrogen and oxygen atoms in total. The zero-order valence-corrected chi connectivity index (χ0v) is 20.9. The van der Waals surface area contributed by atoms with Crippen LogP contribution in [0.4, 0.5) is 4.39 Å². The number of fused-ring (bicyclic) bond motifs is 1. The number of carboxylic acids is 1. The van der Waals surface area contributed by atoms with Crippen LogP contribution in [0, 0.1) is 5.82 Å². The lowest BCUT2D eigenvalue weighted by Gasteiger charge is -2.24. The summed E-state index contributed by atoms with van der Waals surface area (Å²) in [6.45, 7) is 2.05. The van der Waals surface area contributed by atoms with E-state index in [-0.39, 0.29) is 24.7 Å². The van der Waals surface area contributed by atoms with Crippen molar-refractivity contribution in [2.24, 2.45) is 0 Å². The van der Waals surface area contributed by atoms with Gasteiger partial charge in [-0.05, 0) is 72.4 Å². The molecule has 3 aromatic rings. The molecule has 36 heavy (non-hydrogen) atoms. The SMILES string of the molecule is CC1(Cc2ccc(F)cc2)Cc2cc(CC(=O)N(CCCc3ccc(Cl)cc3)CC(=O)O)ccc2O1. The number of rotatable bonds is 10. The van der Waals surface area contributed by atoms with Crippen molar-refractivity contribution in [3.8, 4) is 5.75 Å². The molecular formula is C29H29ClFNO4. The molecule has 1 N–H and O–H groups in total. The van der Waals surface area contributed by atoms with Gasteiger partial charge in [0.2, 0.25) is 5.91 Å². The Kier molecular flexibility index (Phi) is 7.94. The molecule has 0 spiro atoms. The van der Waals surface area contributed by atoms with Crippen molar-refractivity contribution in [1.82, 2.24) is 4.90 Å². The zero-order valence-electron chi connectivity index (χ0n) is 20.2. The fourth-order valence-corrected chi connectivity index (χ4v) is 4.81. The molecule has 0 fully saturated rings. The summed E-state index contributed by atoms with van der Waals surface area (Å²) in [6.07, 6.45) is 2.80. The summed E-state index contributed by atoms with van der Waals surface area (Å²) in [6, 6.07) is 19.6. The van der Waals surface area contributed by atoms with Crippen molar-refractivity contribution >= 4 is 23.5 Å². The Morgan fingerprint density at radius 1 is 1.03 bits per heavy atom.